The lowest BCUT2D eigenvalue weighted by Crippen LogP contribution is -2.43. The monoisotopic (exact) mass is 354 g/mol. The molecular formula is C12H13F3N2O5S. The van der Waals surface area contributed by atoms with E-state index in [-0.39, 0.29) is 0 Å². The zero-order chi connectivity index (χ0) is 17.8. The summed E-state index contributed by atoms with van der Waals surface area (Å²) in [6.45, 7) is 0.359. The first kappa shape index (κ1) is 18.9. The molecule has 1 unspecified atom stereocenters. The number of hydrogen-bond acceptors (Lipinski definition) is 4. The van der Waals surface area contributed by atoms with Gasteiger partial charge in [0.2, 0.25) is 15.9 Å². The number of alkyl halides is 3. The van der Waals surface area contributed by atoms with Crippen LogP contribution in [0.2, 0.25) is 0 Å². The Morgan fingerprint density at radius 2 is 1.91 bits per heavy atom. The molecule has 0 aliphatic carbocycles. The van der Waals surface area contributed by atoms with Crippen molar-refractivity contribution in [3.63, 3.8) is 0 Å². The second kappa shape index (κ2) is 6.96. The van der Waals surface area contributed by atoms with Crippen LogP contribution in [-0.4, -0.2) is 38.0 Å². The number of hydrogen-bond donors (Lipinski definition) is 3. The predicted octanol–water partition coefficient (Wildman–Crippen LogP) is 0.573. The number of rotatable bonds is 6. The largest absolute Gasteiger partial charge is 0.480 e. The van der Waals surface area contributed by atoms with Gasteiger partial charge < -0.3 is 10.4 Å². The van der Waals surface area contributed by atoms with E-state index in [0.29, 0.717) is 12.1 Å². The molecule has 0 saturated carbocycles. The summed E-state index contributed by atoms with van der Waals surface area (Å²) in [6.07, 6.45) is -4.71. The van der Waals surface area contributed by atoms with E-state index in [1.165, 1.54) is 6.92 Å². The molecule has 1 atom stereocenters. The van der Waals surface area contributed by atoms with Gasteiger partial charge in [-0.05, 0) is 25.1 Å². The van der Waals surface area contributed by atoms with Crippen molar-refractivity contribution < 1.29 is 36.3 Å². The number of nitrogens with one attached hydrogen (secondary N) is 2. The van der Waals surface area contributed by atoms with Crippen LogP contribution in [0.4, 0.5) is 13.2 Å². The quantitative estimate of drug-likeness (QED) is 0.691. The third kappa shape index (κ3) is 5.53. The molecule has 11 heteroatoms. The molecule has 0 saturated heterocycles. The molecule has 0 fully saturated rings. The Kier molecular flexibility index (Phi) is 5.72. The molecule has 0 aliphatic heterocycles. The summed E-state index contributed by atoms with van der Waals surface area (Å²) >= 11 is 0. The van der Waals surface area contributed by atoms with Gasteiger partial charge >= 0.3 is 12.1 Å². The van der Waals surface area contributed by atoms with E-state index in [9.17, 15) is 31.2 Å². The Labute approximate surface area is 129 Å². The van der Waals surface area contributed by atoms with E-state index in [4.69, 9.17) is 5.11 Å². The standard InChI is InChI=1S/C12H13F3N2O5S/c1-7(11(19)20)17-10(18)6-16-23(21,22)9-4-2-3-8(5-9)12(13,14)15/h2-5,7,16H,6H2,1H3,(H,17,18)(H,19,20). The third-order valence-electron chi connectivity index (χ3n) is 2.64. The Hall–Kier alpha value is -2.14. The van der Waals surface area contributed by atoms with Gasteiger partial charge in [-0.25, -0.2) is 13.1 Å². The van der Waals surface area contributed by atoms with E-state index in [1.807, 2.05) is 5.32 Å². The lowest BCUT2D eigenvalue weighted by molar-refractivity contribution is -0.141. The average molecular weight is 354 g/mol. The molecule has 0 radical (unpaired) electrons. The second-order valence-electron chi connectivity index (χ2n) is 4.48. The van der Waals surface area contributed by atoms with Gasteiger partial charge in [0.05, 0.1) is 17.0 Å². The van der Waals surface area contributed by atoms with E-state index < -0.39 is 51.1 Å². The first-order valence-electron chi connectivity index (χ1n) is 6.12. The number of carboxylic acids is 1. The van der Waals surface area contributed by atoms with Crippen LogP contribution < -0.4 is 10.0 Å². The maximum absolute atomic E-state index is 12.6. The van der Waals surface area contributed by atoms with Crippen molar-refractivity contribution in [3.8, 4) is 0 Å². The summed E-state index contributed by atoms with van der Waals surface area (Å²) in [4.78, 5) is 21.2. The number of aliphatic carboxylic acids is 1. The zero-order valence-corrected chi connectivity index (χ0v) is 12.5. The van der Waals surface area contributed by atoms with Gasteiger partial charge in [-0.2, -0.15) is 13.2 Å². The summed E-state index contributed by atoms with van der Waals surface area (Å²) in [7, 11) is -4.35. The van der Waals surface area contributed by atoms with Crippen molar-refractivity contribution in [1.29, 1.82) is 0 Å². The van der Waals surface area contributed by atoms with Crippen molar-refractivity contribution in [3.05, 3.63) is 29.8 Å². The summed E-state index contributed by atoms with van der Waals surface area (Å²) in [6, 6.07) is 1.76. The lowest BCUT2D eigenvalue weighted by Gasteiger charge is -2.11. The fourth-order valence-corrected chi connectivity index (χ4v) is 2.47. The number of benzene rings is 1. The maximum atomic E-state index is 12.6. The number of sulfonamides is 1. The van der Waals surface area contributed by atoms with Crippen molar-refractivity contribution in [2.75, 3.05) is 6.54 Å². The highest BCUT2D eigenvalue weighted by Crippen LogP contribution is 2.30. The van der Waals surface area contributed by atoms with Crippen molar-refractivity contribution in [2.45, 2.75) is 24.0 Å². The van der Waals surface area contributed by atoms with E-state index in [0.717, 1.165) is 12.1 Å². The number of amides is 1. The van der Waals surface area contributed by atoms with Gasteiger partial charge in [0.1, 0.15) is 6.04 Å². The highest BCUT2D eigenvalue weighted by Gasteiger charge is 2.31. The van der Waals surface area contributed by atoms with Gasteiger partial charge in [0.15, 0.2) is 0 Å². The number of carbonyl (C=O) groups is 2. The van der Waals surface area contributed by atoms with Gasteiger partial charge in [0.25, 0.3) is 0 Å². The molecule has 23 heavy (non-hydrogen) atoms. The van der Waals surface area contributed by atoms with Gasteiger partial charge in [-0.3, -0.25) is 9.59 Å². The normalized spacial score (nSPS) is 13.4. The summed E-state index contributed by atoms with van der Waals surface area (Å²) < 4.78 is 63.2. The van der Waals surface area contributed by atoms with E-state index >= 15 is 0 Å². The molecule has 1 amide bonds. The lowest BCUT2D eigenvalue weighted by atomic mass is 10.2. The molecule has 3 N–H and O–H groups in total. The first-order valence-corrected chi connectivity index (χ1v) is 7.61. The second-order valence-corrected chi connectivity index (χ2v) is 6.24. The van der Waals surface area contributed by atoms with Crippen LogP contribution in [0.25, 0.3) is 0 Å². The zero-order valence-electron chi connectivity index (χ0n) is 11.7. The molecule has 7 nitrogen and oxygen atoms in total. The van der Waals surface area contributed by atoms with Gasteiger partial charge in [-0.1, -0.05) is 6.07 Å². The topological polar surface area (TPSA) is 113 Å². The minimum atomic E-state index is -4.71. The highest BCUT2D eigenvalue weighted by molar-refractivity contribution is 7.89. The Bertz CT molecular complexity index is 703. The minimum Gasteiger partial charge on any atom is -0.480 e. The Balaban J connectivity index is 2.81. The van der Waals surface area contributed by atoms with Crippen LogP contribution in [0, 0.1) is 0 Å². The third-order valence-corrected chi connectivity index (χ3v) is 4.04. The fourth-order valence-electron chi connectivity index (χ4n) is 1.44. The summed E-state index contributed by atoms with van der Waals surface area (Å²) in [5.74, 6) is -2.26. The molecule has 1 aromatic carbocycles. The fraction of sp³-hybridized carbons (Fsp3) is 0.333. The summed E-state index contributed by atoms with van der Waals surface area (Å²) in [5, 5.41) is 10.6. The highest BCUT2D eigenvalue weighted by atomic mass is 32.2. The molecule has 0 aromatic heterocycles. The molecule has 0 aliphatic rings. The maximum Gasteiger partial charge on any atom is 0.416 e. The van der Waals surface area contributed by atoms with Crippen LogP contribution in [0.5, 0.6) is 0 Å². The minimum absolute atomic E-state index is 0.431. The van der Waals surface area contributed by atoms with E-state index in [2.05, 4.69) is 0 Å². The van der Waals surface area contributed by atoms with E-state index in [1.54, 1.807) is 4.72 Å². The van der Waals surface area contributed by atoms with Gasteiger partial charge in [0, 0.05) is 0 Å². The predicted molar refractivity (Wildman–Crippen MR) is 71.9 cm³/mol. The molecule has 1 rings (SSSR count). The van der Waals surface area contributed by atoms with Crippen molar-refractivity contribution >= 4 is 21.9 Å². The van der Waals surface area contributed by atoms with Crippen LogP contribution >= 0.6 is 0 Å². The molecule has 1 aromatic rings. The Morgan fingerprint density at radius 3 is 2.43 bits per heavy atom. The molecule has 0 spiro atoms. The molecule has 0 heterocycles. The smallest absolute Gasteiger partial charge is 0.416 e. The number of carboxylic acid groups (broad SMARTS) is 1. The first-order chi connectivity index (χ1) is 10.4. The molecule has 128 valence electrons. The molecular weight excluding hydrogens is 341 g/mol. The van der Waals surface area contributed by atoms with Crippen LogP contribution in [-0.2, 0) is 25.8 Å². The summed E-state index contributed by atoms with van der Waals surface area (Å²) in [5.41, 5.74) is -1.15. The van der Waals surface area contributed by atoms with Crippen LogP contribution in [0.15, 0.2) is 29.2 Å². The number of halogens is 3. The Morgan fingerprint density at radius 1 is 1.30 bits per heavy atom. The average Bonchev–Trinajstić information content (AvgIpc) is 2.44. The number of carbonyl (C=O) groups excluding carboxylic acids is 1. The van der Waals surface area contributed by atoms with Gasteiger partial charge in [-0.15, -0.1) is 0 Å². The van der Waals surface area contributed by atoms with Crippen LogP contribution in [0.1, 0.15) is 12.5 Å². The SMILES string of the molecule is CC(NC(=O)CNS(=O)(=O)c1cccc(C(F)(F)F)c1)C(=O)O. The van der Waals surface area contributed by atoms with Crippen LogP contribution in [0.3, 0.4) is 0 Å². The van der Waals surface area contributed by atoms with Crippen molar-refractivity contribution in [1.82, 2.24) is 10.0 Å². The molecule has 0 bridgehead atoms. The van der Waals surface area contributed by atoms with Crippen molar-refractivity contribution in [2.24, 2.45) is 0 Å².